The molecule has 0 aliphatic carbocycles. The van der Waals surface area contributed by atoms with Gasteiger partial charge in [0.2, 0.25) is 0 Å². The van der Waals surface area contributed by atoms with Gasteiger partial charge in [-0.15, -0.1) is 0 Å². The third-order valence-electron chi connectivity index (χ3n) is 3.70. The van der Waals surface area contributed by atoms with Crippen molar-refractivity contribution in [2.75, 3.05) is 6.61 Å². The highest BCUT2D eigenvalue weighted by atomic mass is 16.5. The van der Waals surface area contributed by atoms with E-state index in [2.05, 4.69) is 4.98 Å². The molecule has 0 bridgehead atoms. The number of carbonyl (C=O) groups excluding carboxylic acids is 2. The number of aromatic amines is 1. The van der Waals surface area contributed by atoms with E-state index in [9.17, 15) is 9.59 Å². The van der Waals surface area contributed by atoms with Crippen LogP contribution >= 0.6 is 0 Å². The number of nitrogens with one attached hydrogen (secondary N) is 1. The van der Waals surface area contributed by atoms with E-state index < -0.39 is 5.97 Å². The van der Waals surface area contributed by atoms with Crippen LogP contribution in [0.4, 0.5) is 0 Å². The van der Waals surface area contributed by atoms with E-state index in [-0.39, 0.29) is 18.1 Å². The number of ketones is 1. The number of benzene rings is 2. The van der Waals surface area contributed by atoms with E-state index in [1.807, 2.05) is 48.5 Å². The summed E-state index contributed by atoms with van der Waals surface area (Å²) in [6, 6.07) is 18.7. The summed E-state index contributed by atoms with van der Waals surface area (Å²) in [5, 5.41) is 0. The van der Waals surface area contributed by atoms with Crippen LogP contribution in [0.2, 0.25) is 0 Å². The molecule has 0 radical (unpaired) electrons. The van der Waals surface area contributed by atoms with Gasteiger partial charge in [-0.2, -0.15) is 0 Å². The van der Waals surface area contributed by atoms with Crippen LogP contribution in [0, 0.1) is 0 Å². The Hall–Kier alpha value is -3.14. The van der Waals surface area contributed by atoms with Gasteiger partial charge in [0.05, 0.1) is 6.61 Å². The van der Waals surface area contributed by atoms with Gasteiger partial charge in [-0.25, -0.2) is 4.79 Å². The highest BCUT2D eigenvalue weighted by molar-refractivity contribution is 6.13. The summed E-state index contributed by atoms with van der Waals surface area (Å²) in [5.41, 5.74) is 3.14. The highest BCUT2D eigenvalue weighted by Crippen LogP contribution is 2.25. The lowest BCUT2D eigenvalue weighted by Gasteiger charge is -2.08. The molecule has 0 saturated heterocycles. The van der Waals surface area contributed by atoms with Gasteiger partial charge in [0.25, 0.3) is 0 Å². The summed E-state index contributed by atoms with van der Waals surface area (Å²) in [6.45, 7) is 2.03. The van der Waals surface area contributed by atoms with Crippen molar-refractivity contribution in [3.63, 3.8) is 0 Å². The first kappa shape index (κ1) is 15.7. The average molecular weight is 319 g/mol. The molecule has 4 heteroatoms. The SMILES string of the molecule is CCOC(=O)c1cc(C(=O)c2ccccc2-c2ccccc2)c[nH]1. The summed E-state index contributed by atoms with van der Waals surface area (Å²) < 4.78 is 4.94. The van der Waals surface area contributed by atoms with Crippen LogP contribution in [0.15, 0.2) is 66.9 Å². The molecule has 120 valence electrons. The second-order valence-corrected chi connectivity index (χ2v) is 5.26. The Morgan fingerprint density at radius 2 is 1.71 bits per heavy atom. The smallest absolute Gasteiger partial charge is 0.354 e. The predicted octanol–water partition coefficient (Wildman–Crippen LogP) is 4.09. The van der Waals surface area contributed by atoms with Crippen LogP contribution in [0.3, 0.4) is 0 Å². The van der Waals surface area contributed by atoms with Crippen molar-refractivity contribution in [2.24, 2.45) is 0 Å². The maximum atomic E-state index is 12.9. The fourth-order valence-corrected chi connectivity index (χ4v) is 2.56. The molecule has 1 aromatic heterocycles. The number of carbonyl (C=O) groups is 2. The van der Waals surface area contributed by atoms with Crippen LogP contribution in [0.5, 0.6) is 0 Å². The van der Waals surface area contributed by atoms with Crippen molar-refractivity contribution in [2.45, 2.75) is 6.92 Å². The maximum Gasteiger partial charge on any atom is 0.354 e. The summed E-state index contributed by atoms with van der Waals surface area (Å²) in [4.78, 5) is 27.4. The first-order valence-corrected chi connectivity index (χ1v) is 7.75. The Labute approximate surface area is 140 Å². The molecule has 0 aliphatic rings. The van der Waals surface area contributed by atoms with Crippen molar-refractivity contribution in [3.05, 3.63) is 83.7 Å². The Morgan fingerprint density at radius 3 is 2.46 bits per heavy atom. The normalized spacial score (nSPS) is 10.4. The molecule has 0 aliphatic heterocycles. The van der Waals surface area contributed by atoms with Crippen LogP contribution in [0.1, 0.15) is 33.3 Å². The van der Waals surface area contributed by atoms with Crippen molar-refractivity contribution >= 4 is 11.8 Å². The minimum absolute atomic E-state index is 0.138. The second-order valence-electron chi connectivity index (χ2n) is 5.26. The molecule has 2 aromatic carbocycles. The van der Waals surface area contributed by atoms with Crippen LogP contribution in [0.25, 0.3) is 11.1 Å². The lowest BCUT2D eigenvalue weighted by molar-refractivity contribution is 0.0520. The van der Waals surface area contributed by atoms with E-state index in [0.717, 1.165) is 11.1 Å². The van der Waals surface area contributed by atoms with E-state index in [0.29, 0.717) is 11.1 Å². The molecule has 4 nitrogen and oxygen atoms in total. The minimum atomic E-state index is -0.465. The first-order chi connectivity index (χ1) is 11.7. The Balaban J connectivity index is 1.96. The molecule has 24 heavy (non-hydrogen) atoms. The molecular formula is C20H17NO3. The third-order valence-corrected chi connectivity index (χ3v) is 3.70. The summed E-state index contributed by atoms with van der Waals surface area (Å²) >= 11 is 0. The fraction of sp³-hybridized carbons (Fsp3) is 0.100. The maximum absolute atomic E-state index is 12.9. The minimum Gasteiger partial charge on any atom is -0.461 e. The quantitative estimate of drug-likeness (QED) is 0.569. The molecule has 1 N–H and O–H groups in total. The van der Waals surface area contributed by atoms with Gasteiger partial charge in [-0.1, -0.05) is 54.6 Å². The molecule has 0 fully saturated rings. The van der Waals surface area contributed by atoms with Gasteiger partial charge in [-0.05, 0) is 24.1 Å². The second kappa shape index (κ2) is 6.96. The van der Waals surface area contributed by atoms with E-state index in [1.54, 1.807) is 13.0 Å². The highest BCUT2D eigenvalue weighted by Gasteiger charge is 2.18. The lowest BCUT2D eigenvalue weighted by atomic mass is 9.95. The predicted molar refractivity (Wildman–Crippen MR) is 92.1 cm³/mol. The summed E-state index contributed by atoms with van der Waals surface area (Å²) in [6.07, 6.45) is 1.54. The van der Waals surface area contributed by atoms with Crippen molar-refractivity contribution < 1.29 is 14.3 Å². The monoisotopic (exact) mass is 319 g/mol. The van der Waals surface area contributed by atoms with Gasteiger partial charge < -0.3 is 9.72 Å². The molecule has 0 amide bonds. The Morgan fingerprint density at radius 1 is 1.00 bits per heavy atom. The fourth-order valence-electron chi connectivity index (χ4n) is 2.56. The topological polar surface area (TPSA) is 59.2 Å². The number of aromatic nitrogens is 1. The Bertz CT molecular complexity index is 865. The molecule has 0 spiro atoms. The molecule has 3 aromatic rings. The van der Waals surface area contributed by atoms with Gasteiger partial charge in [-0.3, -0.25) is 4.79 Å². The number of hydrogen-bond donors (Lipinski definition) is 1. The zero-order valence-corrected chi connectivity index (χ0v) is 13.3. The summed E-state index contributed by atoms with van der Waals surface area (Å²) in [7, 11) is 0. The first-order valence-electron chi connectivity index (χ1n) is 7.75. The lowest BCUT2D eigenvalue weighted by Crippen LogP contribution is -2.05. The molecule has 0 atom stereocenters. The number of hydrogen-bond acceptors (Lipinski definition) is 3. The van der Waals surface area contributed by atoms with Crippen LogP contribution < -0.4 is 0 Å². The Kier molecular flexibility index (Phi) is 4.57. The number of esters is 1. The molecule has 0 saturated carbocycles. The van der Waals surface area contributed by atoms with Gasteiger partial charge >= 0.3 is 5.97 Å². The molecule has 1 heterocycles. The number of ether oxygens (including phenoxy) is 1. The van der Waals surface area contributed by atoms with Crippen LogP contribution in [-0.2, 0) is 4.74 Å². The van der Waals surface area contributed by atoms with Crippen molar-refractivity contribution in [1.82, 2.24) is 4.98 Å². The zero-order valence-electron chi connectivity index (χ0n) is 13.3. The van der Waals surface area contributed by atoms with Gasteiger partial charge in [0.15, 0.2) is 5.78 Å². The van der Waals surface area contributed by atoms with Gasteiger partial charge in [0.1, 0.15) is 5.69 Å². The standard InChI is InChI=1S/C20H17NO3/c1-2-24-20(23)18-12-15(13-21-18)19(22)17-11-7-6-10-16(17)14-8-4-3-5-9-14/h3-13,21H,2H2,1H3. The third kappa shape index (κ3) is 3.13. The van der Waals surface area contributed by atoms with Crippen molar-refractivity contribution in [3.8, 4) is 11.1 Å². The molecule has 0 unspecified atom stereocenters. The van der Waals surface area contributed by atoms with Gasteiger partial charge in [0, 0.05) is 17.3 Å². The number of H-pyrrole nitrogens is 1. The molecular weight excluding hydrogens is 302 g/mol. The average Bonchev–Trinajstić information content (AvgIpc) is 3.12. The molecule has 3 rings (SSSR count). The van der Waals surface area contributed by atoms with E-state index in [4.69, 9.17) is 4.74 Å². The number of rotatable bonds is 5. The zero-order chi connectivity index (χ0) is 16.9. The largest absolute Gasteiger partial charge is 0.461 e. The van der Waals surface area contributed by atoms with Crippen molar-refractivity contribution in [1.29, 1.82) is 0 Å². The summed E-state index contributed by atoms with van der Waals surface area (Å²) in [5.74, 6) is -0.603. The van der Waals surface area contributed by atoms with E-state index in [1.165, 1.54) is 12.3 Å². The van der Waals surface area contributed by atoms with E-state index >= 15 is 0 Å². The van der Waals surface area contributed by atoms with Crippen LogP contribution in [-0.4, -0.2) is 23.3 Å².